The van der Waals surface area contributed by atoms with Gasteiger partial charge < -0.3 is 4.90 Å². The molecule has 0 bridgehead atoms. The maximum atomic E-state index is 5.99. The van der Waals surface area contributed by atoms with Gasteiger partial charge in [-0.2, -0.15) is 0 Å². The van der Waals surface area contributed by atoms with Crippen LogP contribution in [0.5, 0.6) is 0 Å². The summed E-state index contributed by atoms with van der Waals surface area (Å²) in [4.78, 5) is 10.9. The van der Waals surface area contributed by atoms with Gasteiger partial charge in [-0.05, 0) is 32.1 Å². The molecule has 2 heterocycles. The summed E-state index contributed by atoms with van der Waals surface area (Å²) in [6.45, 7) is 6.35. The van der Waals surface area contributed by atoms with Gasteiger partial charge in [0.1, 0.15) is 16.8 Å². The molecule has 3 nitrogen and oxygen atoms in total. The molecule has 0 saturated carbocycles. The second-order valence-electron chi connectivity index (χ2n) is 4.79. The Morgan fingerprint density at radius 3 is 2.88 bits per heavy atom. The molecule has 1 saturated heterocycles. The third-order valence-corrected chi connectivity index (χ3v) is 3.74. The van der Waals surface area contributed by atoms with Crippen molar-refractivity contribution in [3.63, 3.8) is 0 Å². The number of halogens is 1. The predicted molar refractivity (Wildman–Crippen MR) is 71.6 cm³/mol. The van der Waals surface area contributed by atoms with Crippen LogP contribution in [0.1, 0.15) is 38.4 Å². The van der Waals surface area contributed by atoms with Gasteiger partial charge in [0, 0.05) is 19.2 Å². The smallest absolute Gasteiger partial charge is 0.134 e. The third kappa shape index (κ3) is 3.32. The standard InChI is InChI=1S/C13H20ClN3/c1-3-11-5-4-7-17(8-6-11)13-9-12(14)15-10(2)16-13/h9,11H,3-8H2,1-2H3. The van der Waals surface area contributed by atoms with Crippen LogP contribution in [0.15, 0.2) is 6.07 Å². The highest BCUT2D eigenvalue weighted by Gasteiger charge is 2.17. The van der Waals surface area contributed by atoms with Crippen LogP contribution >= 0.6 is 11.6 Å². The summed E-state index contributed by atoms with van der Waals surface area (Å²) in [7, 11) is 0. The molecule has 0 radical (unpaired) electrons. The fourth-order valence-corrected chi connectivity index (χ4v) is 2.70. The Labute approximate surface area is 108 Å². The number of nitrogens with zero attached hydrogens (tertiary/aromatic N) is 3. The van der Waals surface area contributed by atoms with Crippen LogP contribution < -0.4 is 4.90 Å². The Morgan fingerprint density at radius 1 is 1.35 bits per heavy atom. The van der Waals surface area contributed by atoms with E-state index in [9.17, 15) is 0 Å². The lowest BCUT2D eigenvalue weighted by Gasteiger charge is -2.21. The van der Waals surface area contributed by atoms with Crippen LogP contribution in [0.25, 0.3) is 0 Å². The van der Waals surface area contributed by atoms with Crippen molar-refractivity contribution >= 4 is 17.4 Å². The highest BCUT2D eigenvalue weighted by atomic mass is 35.5. The van der Waals surface area contributed by atoms with Gasteiger partial charge in [-0.25, -0.2) is 9.97 Å². The number of anilines is 1. The number of hydrogen-bond donors (Lipinski definition) is 0. The number of rotatable bonds is 2. The van der Waals surface area contributed by atoms with E-state index < -0.39 is 0 Å². The zero-order chi connectivity index (χ0) is 12.3. The Kier molecular flexibility index (Phi) is 4.21. The first-order chi connectivity index (χ1) is 8.19. The first-order valence-electron chi connectivity index (χ1n) is 6.45. The molecule has 0 aliphatic carbocycles. The number of aryl methyl sites for hydroxylation is 1. The molecule has 1 aromatic rings. The summed E-state index contributed by atoms with van der Waals surface area (Å²) in [6.07, 6.45) is 5.14. The summed E-state index contributed by atoms with van der Waals surface area (Å²) in [5, 5.41) is 0.545. The van der Waals surface area contributed by atoms with Gasteiger partial charge in [-0.3, -0.25) is 0 Å². The van der Waals surface area contributed by atoms with E-state index >= 15 is 0 Å². The maximum absolute atomic E-state index is 5.99. The first kappa shape index (κ1) is 12.6. The lowest BCUT2D eigenvalue weighted by Crippen LogP contribution is -2.25. The molecule has 0 N–H and O–H groups in total. The van der Waals surface area contributed by atoms with E-state index in [-0.39, 0.29) is 0 Å². The van der Waals surface area contributed by atoms with Crippen LogP contribution in [0.2, 0.25) is 5.15 Å². The molecular formula is C13H20ClN3. The lowest BCUT2D eigenvalue weighted by atomic mass is 9.98. The van der Waals surface area contributed by atoms with E-state index in [1.807, 2.05) is 13.0 Å². The van der Waals surface area contributed by atoms with Crippen LogP contribution in [0.3, 0.4) is 0 Å². The molecule has 17 heavy (non-hydrogen) atoms. The summed E-state index contributed by atoms with van der Waals surface area (Å²) in [5.41, 5.74) is 0. The summed E-state index contributed by atoms with van der Waals surface area (Å²) >= 11 is 5.99. The average Bonchev–Trinajstić information content (AvgIpc) is 2.52. The molecule has 0 aromatic carbocycles. The second kappa shape index (κ2) is 5.67. The Morgan fingerprint density at radius 2 is 2.18 bits per heavy atom. The fourth-order valence-electron chi connectivity index (χ4n) is 2.48. The Hall–Kier alpha value is -0.830. The van der Waals surface area contributed by atoms with Crippen molar-refractivity contribution < 1.29 is 0 Å². The second-order valence-corrected chi connectivity index (χ2v) is 5.18. The van der Waals surface area contributed by atoms with Gasteiger partial charge in [0.05, 0.1) is 0 Å². The molecule has 1 aromatic heterocycles. The molecule has 0 amide bonds. The normalized spacial score (nSPS) is 21.4. The van der Waals surface area contributed by atoms with Crippen molar-refractivity contribution in [2.45, 2.75) is 39.5 Å². The maximum Gasteiger partial charge on any atom is 0.134 e. The molecule has 0 spiro atoms. The summed E-state index contributed by atoms with van der Waals surface area (Å²) < 4.78 is 0. The van der Waals surface area contributed by atoms with Gasteiger partial charge in [0.15, 0.2) is 0 Å². The fraction of sp³-hybridized carbons (Fsp3) is 0.692. The predicted octanol–water partition coefficient (Wildman–Crippen LogP) is 3.45. The summed E-state index contributed by atoms with van der Waals surface area (Å²) in [6, 6.07) is 1.88. The van der Waals surface area contributed by atoms with Gasteiger partial charge in [-0.1, -0.05) is 24.9 Å². The average molecular weight is 254 g/mol. The van der Waals surface area contributed by atoms with Crippen molar-refractivity contribution in [3.05, 3.63) is 17.0 Å². The van der Waals surface area contributed by atoms with E-state index in [1.165, 1.54) is 25.7 Å². The zero-order valence-corrected chi connectivity index (χ0v) is 11.4. The first-order valence-corrected chi connectivity index (χ1v) is 6.83. The molecule has 1 fully saturated rings. The van der Waals surface area contributed by atoms with Crippen LogP contribution in [-0.2, 0) is 0 Å². The van der Waals surface area contributed by atoms with Crippen LogP contribution in [0.4, 0.5) is 5.82 Å². The molecule has 94 valence electrons. The minimum Gasteiger partial charge on any atom is -0.356 e. The molecule has 1 atom stereocenters. The van der Waals surface area contributed by atoms with E-state index in [1.54, 1.807) is 0 Å². The van der Waals surface area contributed by atoms with Crippen molar-refractivity contribution in [1.82, 2.24) is 9.97 Å². The molecule has 4 heteroatoms. The van der Waals surface area contributed by atoms with Crippen molar-refractivity contribution in [2.24, 2.45) is 5.92 Å². The van der Waals surface area contributed by atoms with Crippen LogP contribution in [-0.4, -0.2) is 23.1 Å². The van der Waals surface area contributed by atoms with Crippen molar-refractivity contribution in [3.8, 4) is 0 Å². The third-order valence-electron chi connectivity index (χ3n) is 3.54. The van der Waals surface area contributed by atoms with Crippen LogP contribution in [0, 0.1) is 12.8 Å². The van der Waals surface area contributed by atoms with E-state index in [0.717, 1.165) is 30.6 Å². The quantitative estimate of drug-likeness (QED) is 0.756. The monoisotopic (exact) mass is 253 g/mol. The van der Waals surface area contributed by atoms with Crippen molar-refractivity contribution in [2.75, 3.05) is 18.0 Å². The Bertz CT molecular complexity index is 361. The molecule has 1 aliphatic heterocycles. The Balaban J connectivity index is 2.11. The highest BCUT2D eigenvalue weighted by molar-refractivity contribution is 6.29. The molecule has 1 unspecified atom stereocenters. The largest absolute Gasteiger partial charge is 0.356 e. The minimum atomic E-state index is 0.545. The molecule has 2 rings (SSSR count). The van der Waals surface area contributed by atoms with Gasteiger partial charge in [-0.15, -0.1) is 0 Å². The number of hydrogen-bond acceptors (Lipinski definition) is 3. The SMILES string of the molecule is CCC1CCCN(c2cc(Cl)nc(C)n2)CC1. The zero-order valence-electron chi connectivity index (χ0n) is 10.6. The van der Waals surface area contributed by atoms with Crippen molar-refractivity contribution in [1.29, 1.82) is 0 Å². The number of aromatic nitrogens is 2. The minimum absolute atomic E-state index is 0.545. The van der Waals surface area contributed by atoms with E-state index in [4.69, 9.17) is 11.6 Å². The van der Waals surface area contributed by atoms with Gasteiger partial charge in [0.25, 0.3) is 0 Å². The lowest BCUT2D eigenvalue weighted by molar-refractivity contribution is 0.459. The van der Waals surface area contributed by atoms with Gasteiger partial charge in [0.2, 0.25) is 0 Å². The van der Waals surface area contributed by atoms with E-state index in [2.05, 4.69) is 21.8 Å². The van der Waals surface area contributed by atoms with E-state index in [0.29, 0.717) is 5.15 Å². The highest BCUT2D eigenvalue weighted by Crippen LogP contribution is 2.24. The van der Waals surface area contributed by atoms with Gasteiger partial charge >= 0.3 is 0 Å². The molecular weight excluding hydrogens is 234 g/mol. The topological polar surface area (TPSA) is 29.0 Å². The summed E-state index contributed by atoms with van der Waals surface area (Å²) in [5.74, 6) is 2.61. The molecule has 1 aliphatic rings.